The zero-order chi connectivity index (χ0) is 13.8. The molecule has 4 heteroatoms. The van der Waals surface area contributed by atoms with Crippen molar-refractivity contribution in [3.05, 3.63) is 29.6 Å². The molecule has 0 saturated heterocycles. The van der Waals surface area contributed by atoms with E-state index in [1.807, 2.05) is 11.8 Å². The number of fused-ring (bicyclic) bond motifs is 1. The molecule has 1 aromatic heterocycles. The number of aromatic nitrogens is 2. The number of alkyl halides is 1. The van der Waals surface area contributed by atoms with Gasteiger partial charge >= 0.3 is 0 Å². The van der Waals surface area contributed by atoms with E-state index in [0.29, 0.717) is 11.9 Å². The van der Waals surface area contributed by atoms with Crippen molar-refractivity contribution in [3.63, 3.8) is 0 Å². The van der Waals surface area contributed by atoms with E-state index in [0.717, 1.165) is 29.9 Å². The van der Waals surface area contributed by atoms with Crippen LogP contribution >= 0.6 is 23.4 Å². The van der Waals surface area contributed by atoms with Crippen LogP contribution in [-0.2, 0) is 6.42 Å². The molecule has 0 fully saturated rings. The van der Waals surface area contributed by atoms with E-state index in [4.69, 9.17) is 16.6 Å². The van der Waals surface area contributed by atoms with Gasteiger partial charge in [-0.25, -0.2) is 4.98 Å². The molecular formula is C15H21ClN2S. The molecule has 0 radical (unpaired) electrons. The molecule has 1 unspecified atom stereocenters. The number of hydrogen-bond donors (Lipinski definition) is 0. The maximum Gasteiger partial charge on any atom is 0.111 e. The lowest BCUT2D eigenvalue weighted by Gasteiger charge is -2.20. The fourth-order valence-corrected chi connectivity index (χ4v) is 3.53. The van der Waals surface area contributed by atoms with Crippen LogP contribution in [0, 0.1) is 6.92 Å². The number of nitrogens with zero attached hydrogens (tertiary/aromatic N) is 2. The van der Waals surface area contributed by atoms with Gasteiger partial charge in [0.25, 0.3) is 0 Å². The molecule has 0 N–H and O–H groups in total. The SMILES string of the molecule is CCC(CSC)n1c(CCCl)nc2cccc(C)c21. The van der Waals surface area contributed by atoms with Gasteiger partial charge in [-0.05, 0) is 31.2 Å². The highest BCUT2D eigenvalue weighted by atomic mass is 35.5. The van der Waals surface area contributed by atoms with Crippen molar-refractivity contribution in [2.75, 3.05) is 17.9 Å². The Morgan fingerprint density at radius 3 is 2.84 bits per heavy atom. The molecule has 0 spiro atoms. The van der Waals surface area contributed by atoms with E-state index >= 15 is 0 Å². The number of para-hydroxylation sites is 1. The molecule has 0 bridgehead atoms. The first kappa shape index (κ1) is 14.7. The lowest BCUT2D eigenvalue weighted by atomic mass is 10.1. The van der Waals surface area contributed by atoms with Crippen molar-refractivity contribution in [3.8, 4) is 0 Å². The van der Waals surface area contributed by atoms with E-state index in [-0.39, 0.29) is 0 Å². The Labute approximate surface area is 124 Å². The van der Waals surface area contributed by atoms with Crippen LogP contribution in [0.25, 0.3) is 11.0 Å². The number of benzene rings is 1. The van der Waals surface area contributed by atoms with Gasteiger partial charge in [-0.1, -0.05) is 19.1 Å². The highest BCUT2D eigenvalue weighted by Gasteiger charge is 2.18. The quantitative estimate of drug-likeness (QED) is 0.733. The van der Waals surface area contributed by atoms with Crippen molar-refractivity contribution in [2.24, 2.45) is 0 Å². The topological polar surface area (TPSA) is 17.8 Å². The van der Waals surface area contributed by atoms with Gasteiger partial charge in [0.1, 0.15) is 5.82 Å². The third-order valence-corrected chi connectivity index (χ3v) is 4.41. The first-order valence-corrected chi connectivity index (χ1v) is 8.67. The van der Waals surface area contributed by atoms with Gasteiger partial charge in [0.05, 0.1) is 11.0 Å². The van der Waals surface area contributed by atoms with E-state index in [1.54, 1.807) is 0 Å². The summed E-state index contributed by atoms with van der Waals surface area (Å²) in [5.74, 6) is 2.86. The molecule has 0 amide bonds. The molecular weight excluding hydrogens is 276 g/mol. The first-order valence-electron chi connectivity index (χ1n) is 6.74. The Balaban J connectivity index is 2.62. The highest BCUT2D eigenvalue weighted by molar-refractivity contribution is 7.98. The molecule has 2 aromatic rings. The molecule has 2 nitrogen and oxygen atoms in total. The minimum absolute atomic E-state index is 0.499. The van der Waals surface area contributed by atoms with Gasteiger partial charge in [0, 0.05) is 24.1 Å². The van der Waals surface area contributed by atoms with Gasteiger partial charge in [-0.3, -0.25) is 0 Å². The van der Waals surface area contributed by atoms with Crippen molar-refractivity contribution >= 4 is 34.4 Å². The summed E-state index contributed by atoms with van der Waals surface area (Å²) >= 11 is 7.83. The van der Waals surface area contributed by atoms with Crippen molar-refractivity contribution in [1.29, 1.82) is 0 Å². The zero-order valence-corrected chi connectivity index (χ0v) is 13.4. The first-order chi connectivity index (χ1) is 9.22. The zero-order valence-electron chi connectivity index (χ0n) is 11.8. The van der Waals surface area contributed by atoms with Crippen LogP contribution in [0.4, 0.5) is 0 Å². The number of imidazole rings is 1. The lowest BCUT2D eigenvalue weighted by Crippen LogP contribution is -2.15. The number of thioether (sulfide) groups is 1. The van der Waals surface area contributed by atoms with Crippen molar-refractivity contribution < 1.29 is 0 Å². The Morgan fingerprint density at radius 1 is 1.42 bits per heavy atom. The number of rotatable bonds is 6. The largest absolute Gasteiger partial charge is 0.324 e. The molecule has 1 atom stereocenters. The normalized spacial score (nSPS) is 13.1. The lowest BCUT2D eigenvalue weighted by molar-refractivity contribution is 0.532. The molecule has 2 rings (SSSR count). The number of aryl methyl sites for hydroxylation is 2. The standard InChI is InChI=1S/C15H21ClN2S/c1-4-12(10-19-3)18-14(8-9-16)17-13-7-5-6-11(2)15(13)18/h5-7,12H,4,8-10H2,1-3H3. The fraction of sp³-hybridized carbons (Fsp3) is 0.533. The summed E-state index contributed by atoms with van der Waals surface area (Å²) in [6, 6.07) is 6.84. The highest BCUT2D eigenvalue weighted by Crippen LogP contribution is 2.28. The molecule has 1 heterocycles. The summed E-state index contributed by atoms with van der Waals surface area (Å²) in [6.07, 6.45) is 4.12. The minimum Gasteiger partial charge on any atom is -0.324 e. The average molecular weight is 297 g/mol. The second-order valence-electron chi connectivity index (χ2n) is 4.80. The molecule has 0 aliphatic heterocycles. The molecule has 1 aromatic carbocycles. The van der Waals surface area contributed by atoms with Gasteiger partial charge in [-0.2, -0.15) is 11.8 Å². The van der Waals surface area contributed by atoms with E-state index < -0.39 is 0 Å². The maximum absolute atomic E-state index is 5.94. The summed E-state index contributed by atoms with van der Waals surface area (Å²) in [4.78, 5) is 4.78. The summed E-state index contributed by atoms with van der Waals surface area (Å²) in [5, 5.41) is 0. The Morgan fingerprint density at radius 2 is 2.21 bits per heavy atom. The predicted octanol–water partition coefficient (Wildman–Crippen LogP) is 4.44. The van der Waals surface area contributed by atoms with Crippen LogP contribution in [0.1, 0.15) is 30.8 Å². The fourth-order valence-electron chi connectivity index (χ4n) is 2.59. The van der Waals surface area contributed by atoms with Crippen LogP contribution in [0.2, 0.25) is 0 Å². The van der Waals surface area contributed by atoms with E-state index in [2.05, 4.69) is 42.9 Å². The second kappa shape index (κ2) is 6.67. The third-order valence-electron chi connectivity index (χ3n) is 3.50. The predicted molar refractivity (Wildman–Crippen MR) is 86.6 cm³/mol. The Bertz CT molecular complexity index is 550. The number of halogens is 1. The number of hydrogen-bond acceptors (Lipinski definition) is 2. The maximum atomic E-state index is 5.94. The van der Waals surface area contributed by atoms with E-state index in [1.165, 1.54) is 11.1 Å². The average Bonchev–Trinajstić information content (AvgIpc) is 2.76. The summed E-state index contributed by atoms with van der Waals surface area (Å²) < 4.78 is 2.42. The van der Waals surface area contributed by atoms with Gasteiger partial charge in [0.15, 0.2) is 0 Å². The van der Waals surface area contributed by atoms with Gasteiger partial charge in [0.2, 0.25) is 0 Å². The van der Waals surface area contributed by atoms with Gasteiger partial charge in [-0.15, -0.1) is 11.6 Å². The Hall–Kier alpha value is -0.670. The molecule has 0 aliphatic rings. The summed E-state index contributed by atoms with van der Waals surface area (Å²) in [7, 11) is 0. The van der Waals surface area contributed by atoms with Crippen LogP contribution < -0.4 is 0 Å². The monoisotopic (exact) mass is 296 g/mol. The van der Waals surface area contributed by atoms with Crippen LogP contribution in [0.15, 0.2) is 18.2 Å². The third kappa shape index (κ3) is 2.92. The van der Waals surface area contributed by atoms with Crippen molar-refractivity contribution in [2.45, 2.75) is 32.7 Å². The van der Waals surface area contributed by atoms with Crippen molar-refractivity contribution in [1.82, 2.24) is 9.55 Å². The molecule has 104 valence electrons. The van der Waals surface area contributed by atoms with Gasteiger partial charge < -0.3 is 4.57 Å². The minimum atomic E-state index is 0.499. The Kier molecular flexibility index (Phi) is 5.17. The van der Waals surface area contributed by atoms with Crippen LogP contribution in [0.3, 0.4) is 0 Å². The molecule has 0 aliphatic carbocycles. The second-order valence-corrected chi connectivity index (χ2v) is 6.09. The van der Waals surface area contributed by atoms with Crippen LogP contribution in [0.5, 0.6) is 0 Å². The summed E-state index contributed by atoms with van der Waals surface area (Å²) in [6.45, 7) is 4.41. The smallest absolute Gasteiger partial charge is 0.111 e. The molecule has 0 saturated carbocycles. The summed E-state index contributed by atoms with van der Waals surface area (Å²) in [5.41, 5.74) is 3.67. The van der Waals surface area contributed by atoms with Crippen LogP contribution in [-0.4, -0.2) is 27.4 Å². The van der Waals surface area contributed by atoms with E-state index in [9.17, 15) is 0 Å². The molecule has 19 heavy (non-hydrogen) atoms.